The van der Waals surface area contributed by atoms with Gasteiger partial charge in [-0.1, -0.05) is 0 Å². The van der Waals surface area contributed by atoms with Gasteiger partial charge in [-0.05, 0) is 0 Å². The Bertz CT molecular complexity index is 1080. The van der Waals surface area contributed by atoms with Crippen LogP contribution in [0.2, 0.25) is 0 Å². The third-order valence-corrected chi connectivity index (χ3v) is 4.68. The molecule has 0 spiro atoms. The van der Waals surface area contributed by atoms with Gasteiger partial charge >= 0.3 is 156 Å². The first-order valence-electron chi connectivity index (χ1n) is 8.91. The van der Waals surface area contributed by atoms with Gasteiger partial charge < -0.3 is 10.0 Å². The van der Waals surface area contributed by atoms with Gasteiger partial charge in [-0.2, -0.15) is 0 Å². The number of amides is 1. The maximum atomic E-state index is 12.9. The van der Waals surface area contributed by atoms with Crippen molar-refractivity contribution in [1.82, 2.24) is 29.6 Å². The second kappa shape index (κ2) is 9.69. The van der Waals surface area contributed by atoms with E-state index in [9.17, 15) is 13.6 Å². The Labute approximate surface area is 184 Å². The Hall–Kier alpha value is -3.27. The molecule has 0 atom stereocenters. The van der Waals surface area contributed by atoms with Crippen LogP contribution >= 0.6 is 0 Å². The van der Waals surface area contributed by atoms with Gasteiger partial charge in [0.15, 0.2) is 0 Å². The molecule has 0 unspecified atom stereocenters. The predicted molar refractivity (Wildman–Crippen MR) is 108 cm³/mol. The van der Waals surface area contributed by atoms with Crippen molar-refractivity contribution in [2.75, 3.05) is 26.0 Å². The summed E-state index contributed by atoms with van der Waals surface area (Å²) in [6, 6.07) is 3.12. The van der Waals surface area contributed by atoms with Crippen LogP contribution < -0.4 is 14.5 Å². The summed E-state index contributed by atoms with van der Waals surface area (Å²) in [5, 5.41) is 16.0. The van der Waals surface area contributed by atoms with Crippen molar-refractivity contribution in [2.24, 2.45) is 0 Å². The van der Waals surface area contributed by atoms with Crippen LogP contribution in [0, 0.1) is 0 Å². The molecule has 2 N–H and O–H groups in total. The fourth-order valence-electron chi connectivity index (χ4n) is 2.61. The third-order valence-electron chi connectivity index (χ3n) is 4.20. The van der Waals surface area contributed by atoms with Crippen LogP contribution in [0.1, 0.15) is 12.2 Å². The molecule has 13 heteroatoms. The summed E-state index contributed by atoms with van der Waals surface area (Å²) in [5.41, 5.74) is 1.39. The number of rotatable bonds is 8. The average Bonchev–Trinajstić information content (AvgIpc) is 3.20. The molecule has 3 aromatic heterocycles. The van der Waals surface area contributed by atoms with E-state index < -0.39 is 18.3 Å². The van der Waals surface area contributed by atoms with Crippen LogP contribution in [-0.2, 0) is 6.54 Å². The number of carboxylic acid groups (broad SMARTS) is 1. The first-order chi connectivity index (χ1) is 14.8. The van der Waals surface area contributed by atoms with Crippen LogP contribution in [0.25, 0.3) is 11.1 Å². The van der Waals surface area contributed by atoms with E-state index in [1.165, 1.54) is 20.2 Å². The molecular weight excluding hydrogens is 475 g/mol. The summed E-state index contributed by atoms with van der Waals surface area (Å²) >= 11 is 2.09. The number of likely N-dealkylation sites (N-methyl/N-ethyl adjacent to an activating group) is 1. The van der Waals surface area contributed by atoms with Crippen LogP contribution in [0.4, 0.5) is 25.2 Å². The number of ether oxygens (including phenoxy) is 1. The second-order valence-corrected chi connectivity index (χ2v) is 7.32. The van der Waals surface area contributed by atoms with Crippen molar-refractivity contribution >= 4 is 39.1 Å². The van der Waals surface area contributed by atoms with Crippen LogP contribution in [0.5, 0.6) is 5.75 Å². The quantitative estimate of drug-likeness (QED) is 0.457. The van der Waals surface area contributed by atoms with E-state index in [-0.39, 0.29) is 12.4 Å². The Kier molecular flexibility index (Phi) is 7.01. The molecule has 0 aliphatic rings. The third kappa shape index (κ3) is 5.66. The number of anilines is 2. The number of halogens is 2. The summed E-state index contributed by atoms with van der Waals surface area (Å²) in [4.78, 5) is 23.8. The first kappa shape index (κ1) is 22.4. The van der Waals surface area contributed by atoms with Crippen molar-refractivity contribution in [3.05, 3.63) is 36.5 Å². The molecule has 0 saturated heterocycles. The van der Waals surface area contributed by atoms with Gasteiger partial charge in [-0.3, -0.25) is 0 Å². The van der Waals surface area contributed by atoms with E-state index in [0.29, 0.717) is 28.2 Å². The number of hydrogen-bond acceptors (Lipinski definition) is 7. The number of carbonyl (C=O) groups is 1. The second-order valence-electron chi connectivity index (χ2n) is 6.36. The Morgan fingerprint density at radius 3 is 2.77 bits per heavy atom. The molecule has 0 saturated carbocycles. The number of methoxy groups -OCH3 is 1. The van der Waals surface area contributed by atoms with Crippen molar-refractivity contribution in [2.45, 2.75) is 13.0 Å². The number of hydrogen-bond donors (Lipinski definition) is 2. The molecule has 0 fully saturated rings. The number of pyridine rings is 1. The molecular formula is C18H18AsF2N7O3. The van der Waals surface area contributed by atoms with Gasteiger partial charge in [0.05, 0.1) is 0 Å². The maximum absolute atomic E-state index is 12.9. The summed E-state index contributed by atoms with van der Waals surface area (Å²) in [6.45, 7) is 0.669. The predicted octanol–water partition coefficient (Wildman–Crippen LogP) is 1.83. The van der Waals surface area contributed by atoms with Gasteiger partial charge in [0.1, 0.15) is 0 Å². The van der Waals surface area contributed by atoms with E-state index in [1.807, 2.05) is 0 Å². The molecule has 0 aromatic carbocycles. The van der Waals surface area contributed by atoms with Gasteiger partial charge in [0.25, 0.3) is 0 Å². The zero-order chi connectivity index (χ0) is 22.5. The van der Waals surface area contributed by atoms with Crippen molar-refractivity contribution in [3.63, 3.8) is 0 Å². The standard InChI is InChI=1S/C18H18AsF2N7O3/c1-27(18(29)30)3-4-28-9-10(7-23-28)11-8-22-14(5-12(11)31-2)25-15-6-13(19)24-17(26-15)16(20)21/h5-9,16H,3-4H2,1-2H3,(H,29,30)(H,22,24,25,26). The fourth-order valence-corrected chi connectivity index (χ4v) is 3.08. The van der Waals surface area contributed by atoms with Crippen molar-refractivity contribution < 1.29 is 23.4 Å². The van der Waals surface area contributed by atoms with Gasteiger partial charge in [0, 0.05) is 13.6 Å². The van der Waals surface area contributed by atoms with Gasteiger partial charge in [-0.25, -0.2) is 4.79 Å². The van der Waals surface area contributed by atoms with E-state index in [4.69, 9.17) is 9.84 Å². The fraction of sp³-hybridized carbons (Fsp3) is 0.278. The summed E-state index contributed by atoms with van der Waals surface area (Å²) in [7, 11) is 2.98. The zero-order valence-electron chi connectivity index (χ0n) is 16.5. The molecule has 0 aliphatic heterocycles. The zero-order valence-corrected chi connectivity index (χ0v) is 18.4. The topological polar surface area (TPSA) is 118 Å². The molecule has 31 heavy (non-hydrogen) atoms. The van der Waals surface area contributed by atoms with Crippen LogP contribution in [-0.4, -0.2) is 78.4 Å². The minimum absolute atomic E-state index is 0.179. The van der Waals surface area contributed by atoms with E-state index in [1.54, 1.807) is 29.3 Å². The monoisotopic (exact) mass is 493 g/mol. The summed E-state index contributed by atoms with van der Waals surface area (Å²) in [5.74, 6) is 0.431. The molecule has 3 rings (SSSR count). The van der Waals surface area contributed by atoms with Gasteiger partial charge in [-0.15, -0.1) is 0 Å². The Morgan fingerprint density at radius 2 is 2.10 bits per heavy atom. The van der Waals surface area contributed by atoms with Crippen LogP contribution in [0.15, 0.2) is 30.7 Å². The average molecular weight is 493 g/mol. The molecule has 0 bridgehead atoms. The molecule has 3 aromatic rings. The molecule has 1 amide bonds. The van der Waals surface area contributed by atoms with E-state index >= 15 is 0 Å². The number of nitrogens with one attached hydrogen (secondary N) is 1. The molecule has 10 nitrogen and oxygen atoms in total. The first-order valence-corrected chi connectivity index (χ1v) is 9.84. The molecule has 2 radical (unpaired) electrons. The summed E-state index contributed by atoms with van der Waals surface area (Å²) < 4.78 is 33.3. The van der Waals surface area contributed by atoms with Crippen LogP contribution in [0.3, 0.4) is 0 Å². The van der Waals surface area contributed by atoms with Crippen molar-refractivity contribution in [3.8, 4) is 16.9 Å². The molecule has 162 valence electrons. The van der Waals surface area contributed by atoms with Gasteiger partial charge in [0.2, 0.25) is 0 Å². The molecule has 3 heterocycles. The number of aromatic nitrogens is 5. The number of alkyl halides is 2. The number of nitrogens with zero attached hydrogens (tertiary/aromatic N) is 6. The Morgan fingerprint density at radius 1 is 1.32 bits per heavy atom. The summed E-state index contributed by atoms with van der Waals surface area (Å²) in [6.07, 6.45) is 1.13. The Balaban J connectivity index is 1.79. The normalized spacial score (nSPS) is 10.9. The van der Waals surface area contributed by atoms with E-state index in [2.05, 4.69) is 42.2 Å². The minimum atomic E-state index is -2.79. The SMILES string of the molecule is COc1cc(Nc2cc([As])nc(C(F)F)n2)ncc1-c1cnn(CCN(C)C(=O)O)c1. The van der Waals surface area contributed by atoms with Crippen molar-refractivity contribution in [1.29, 1.82) is 0 Å². The molecule has 0 aliphatic carbocycles. The van der Waals surface area contributed by atoms with E-state index in [0.717, 1.165) is 10.5 Å².